The highest BCUT2D eigenvalue weighted by molar-refractivity contribution is 6.76. The Labute approximate surface area is 171 Å². The Balaban J connectivity index is 1.91. The number of hydrazine groups is 2. The summed E-state index contributed by atoms with van der Waals surface area (Å²) in [5.41, 5.74) is 6.36. The van der Waals surface area contributed by atoms with Gasteiger partial charge in [-0.2, -0.15) is 0 Å². The first-order chi connectivity index (χ1) is 12.8. The second kappa shape index (κ2) is 7.78. The summed E-state index contributed by atoms with van der Waals surface area (Å²) in [4.78, 5) is 24.2. The number of nitrogens with zero attached hydrogens (tertiary/aromatic N) is 2. The van der Waals surface area contributed by atoms with Crippen LogP contribution < -0.4 is 15.9 Å². The fourth-order valence-electron chi connectivity index (χ4n) is 2.48. The fraction of sp³-hybridized carbons (Fsp3) is 0.111. The standard InChI is InChI=1S/C18H15Cl3N4O2/c1-12-6-5-9-14(10-12)25-15(13-7-3-2-4-8-13)11-24(23-25)17(27)22-16(26)18(19,20)21/h2-11,23H,1H3,(H,22,26,27). The Kier molecular flexibility index (Phi) is 5.62. The lowest BCUT2D eigenvalue weighted by Gasteiger charge is -2.24. The summed E-state index contributed by atoms with van der Waals surface area (Å²) in [5.74, 6) is -1.04. The van der Waals surface area contributed by atoms with Crippen molar-refractivity contribution in [3.8, 4) is 0 Å². The largest absolute Gasteiger partial charge is 0.344 e. The van der Waals surface area contributed by atoms with E-state index in [0.717, 1.165) is 21.8 Å². The van der Waals surface area contributed by atoms with E-state index in [9.17, 15) is 9.59 Å². The van der Waals surface area contributed by atoms with Crippen LogP contribution in [0.3, 0.4) is 0 Å². The topological polar surface area (TPSA) is 64.7 Å². The minimum Gasteiger partial charge on any atom is -0.273 e. The molecule has 0 saturated heterocycles. The Bertz CT molecular complexity index is 897. The van der Waals surface area contributed by atoms with E-state index < -0.39 is 15.7 Å². The zero-order valence-corrected chi connectivity index (χ0v) is 16.4. The molecule has 2 aromatic carbocycles. The number of carbonyl (C=O) groups excluding carboxylic acids is 2. The van der Waals surface area contributed by atoms with Crippen molar-refractivity contribution in [2.75, 3.05) is 5.01 Å². The predicted molar refractivity (Wildman–Crippen MR) is 107 cm³/mol. The SMILES string of the molecule is Cc1cccc(N2NN(C(=O)NC(=O)C(Cl)(Cl)Cl)C=C2c2ccccc2)c1. The van der Waals surface area contributed by atoms with Crippen molar-refractivity contribution < 1.29 is 9.59 Å². The van der Waals surface area contributed by atoms with Crippen LogP contribution in [0.1, 0.15) is 11.1 Å². The number of hydrogen-bond acceptors (Lipinski definition) is 4. The van der Waals surface area contributed by atoms with E-state index in [0.29, 0.717) is 5.70 Å². The number of halogens is 3. The van der Waals surface area contributed by atoms with Gasteiger partial charge in [-0.15, -0.1) is 5.53 Å². The maximum atomic E-state index is 12.4. The molecule has 1 aliphatic heterocycles. The van der Waals surface area contributed by atoms with Gasteiger partial charge in [-0.05, 0) is 24.6 Å². The Morgan fingerprint density at radius 2 is 1.74 bits per heavy atom. The molecule has 0 atom stereocenters. The van der Waals surface area contributed by atoms with Gasteiger partial charge in [0.1, 0.15) is 0 Å². The highest BCUT2D eigenvalue weighted by atomic mass is 35.6. The van der Waals surface area contributed by atoms with Gasteiger partial charge in [0.2, 0.25) is 0 Å². The van der Waals surface area contributed by atoms with Crippen molar-refractivity contribution in [2.45, 2.75) is 10.7 Å². The average Bonchev–Trinajstić information content (AvgIpc) is 3.07. The molecule has 0 spiro atoms. The number of carbonyl (C=O) groups is 2. The quantitative estimate of drug-likeness (QED) is 0.710. The van der Waals surface area contributed by atoms with Crippen molar-refractivity contribution in [3.63, 3.8) is 0 Å². The van der Waals surface area contributed by atoms with Crippen LogP contribution in [0.15, 0.2) is 60.8 Å². The number of anilines is 1. The van der Waals surface area contributed by atoms with Gasteiger partial charge < -0.3 is 0 Å². The highest BCUT2D eigenvalue weighted by Gasteiger charge is 2.35. The van der Waals surface area contributed by atoms with Gasteiger partial charge in [-0.1, -0.05) is 77.3 Å². The molecule has 2 aromatic rings. The number of amides is 3. The highest BCUT2D eigenvalue weighted by Crippen LogP contribution is 2.30. The molecule has 0 unspecified atom stereocenters. The third-order valence-electron chi connectivity index (χ3n) is 3.73. The number of urea groups is 1. The number of alkyl halides is 3. The molecular weight excluding hydrogens is 411 g/mol. The second-order valence-corrected chi connectivity index (χ2v) is 8.06. The first kappa shape index (κ1) is 19.5. The smallest absolute Gasteiger partial charge is 0.273 e. The van der Waals surface area contributed by atoms with Crippen LogP contribution in [0.25, 0.3) is 5.70 Å². The van der Waals surface area contributed by atoms with Crippen LogP contribution in [0.2, 0.25) is 0 Å². The maximum absolute atomic E-state index is 12.4. The van der Waals surface area contributed by atoms with E-state index in [2.05, 4.69) is 5.53 Å². The van der Waals surface area contributed by atoms with E-state index in [1.54, 1.807) is 11.2 Å². The van der Waals surface area contributed by atoms with Crippen molar-refractivity contribution in [2.24, 2.45) is 0 Å². The number of nitrogens with one attached hydrogen (secondary N) is 2. The number of hydrogen-bond donors (Lipinski definition) is 2. The second-order valence-electron chi connectivity index (χ2n) is 5.78. The summed E-state index contributed by atoms with van der Waals surface area (Å²) < 4.78 is -2.24. The molecule has 6 nitrogen and oxygen atoms in total. The van der Waals surface area contributed by atoms with Crippen LogP contribution >= 0.6 is 34.8 Å². The molecule has 1 heterocycles. The monoisotopic (exact) mass is 424 g/mol. The first-order valence-corrected chi connectivity index (χ1v) is 9.01. The zero-order valence-electron chi connectivity index (χ0n) is 14.1. The van der Waals surface area contributed by atoms with E-state index >= 15 is 0 Å². The molecule has 140 valence electrons. The lowest BCUT2D eigenvalue weighted by Crippen LogP contribution is -2.51. The lowest BCUT2D eigenvalue weighted by molar-refractivity contribution is -0.119. The first-order valence-electron chi connectivity index (χ1n) is 7.87. The third-order valence-corrected chi connectivity index (χ3v) is 4.24. The molecule has 0 fully saturated rings. The molecule has 0 bridgehead atoms. The van der Waals surface area contributed by atoms with Crippen LogP contribution in [0.4, 0.5) is 10.5 Å². The van der Waals surface area contributed by atoms with Gasteiger partial charge in [0.15, 0.2) is 0 Å². The van der Waals surface area contributed by atoms with Crippen molar-refractivity contribution in [1.29, 1.82) is 0 Å². The van der Waals surface area contributed by atoms with E-state index in [4.69, 9.17) is 34.8 Å². The molecule has 0 aliphatic carbocycles. The molecule has 0 aromatic heterocycles. The Morgan fingerprint density at radius 3 is 2.37 bits per heavy atom. The summed E-state index contributed by atoms with van der Waals surface area (Å²) in [6.07, 6.45) is 1.55. The van der Waals surface area contributed by atoms with E-state index in [1.165, 1.54) is 0 Å². The average molecular weight is 426 g/mol. The Hall–Kier alpha value is -2.25. The van der Waals surface area contributed by atoms with Crippen molar-refractivity contribution in [1.82, 2.24) is 15.9 Å². The maximum Gasteiger partial charge on any atom is 0.344 e. The van der Waals surface area contributed by atoms with Crippen molar-refractivity contribution >= 4 is 58.1 Å². The molecule has 0 radical (unpaired) electrons. The normalized spacial score (nSPS) is 14.1. The van der Waals surface area contributed by atoms with Gasteiger partial charge in [-0.25, -0.2) is 9.80 Å². The minimum atomic E-state index is -2.24. The molecule has 27 heavy (non-hydrogen) atoms. The van der Waals surface area contributed by atoms with Gasteiger partial charge in [0, 0.05) is 5.56 Å². The van der Waals surface area contributed by atoms with Crippen molar-refractivity contribution in [3.05, 3.63) is 71.9 Å². The number of rotatable bonds is 2. The van der Waals surface area contributed by atoms with Gasteiger partial charge in [-0.3, -0.25) is 15.1 Å². The van der Waals surface area contributed by atoms with E-state index in [-0.39, 0.29) is 0 Å². The zero-order chi connectivity index (χ0) is 19.6. The third kappa shape index (κ3) is 4.54. The summed E-state index contributed by atoms with van der Waals surface area (Å²) in [6.45, 7) is 1.97. The summed E-state index contributed by atoms with van der Waals surface area (Å²) in [5, 5.41) is 4.87. The molecular formula is C18H15Cl3N4O2. The van der Waals surface area contributed by atoms with Crippen LogP contribution in [-0.2, 0) is 4.79 Å². The minimum absolute atomic E-state index is 0.706. The van der Waals surface area contributed by atoms with E-state index in [1.807, 2.05) is 66.8 Å². The summed E-state index contributed by atoms with van der Waals surface area (Å²) in [6, 6.07) is 16.4. The number of aryl methyl sites for hydroxylation is 1. The molecule has 0 saturated carbocycles. The summed E-state index contributed by atoms with van der Waals surface area (Å²) >= 11 is 16.5. The molecule has 3 amide bonds. The van der Waals surface area contributed by atoms with Crippen LogP contribution in [0, 0.1) is 6.92 Å². The Morgan fingerprint density at radius 1 is 1.04 bits per heavy atom. The van der Waals surface area contributed by atoms with Gasteiger partial charge >= 0.3 is 6.03 Å². The fourth-order valence-corrected chi connectivity index (χ4v) is 2.62. The lowest BCUT2D eigenvalue weighted by atomic mass is 10.1. The molecule has 3 rings (SSSR count). The van der Waals surface area contributed by atoms with Gasteiger partial charge in [0.05, 0.1) is 17.6 Å². The molecule has 9 heteroatoms. The van der Waals surface area contributed by atoms with Crippen LogP contribution in [0.5, 0.6) is 0 Å². The summed E-state index contributed by atoms with van der Waals surface area (Å²) in [7, 11) is 0. The molecule has 1 aliphatic rings. The van der Waals surface area contributed by atoms with Gasteiger partial charge in [0.25, 0.3) is 9.70 Å². The number of imide groups is 1. The predicted octanol–water partition coefficient (Wildman–Crippen LogP) is 4.14. The molecule has 2 N–H and O–H groups in total. The number of benzene rings is 2. The van der Waals surface area contributed by atoms with Crippen LogP contribution in [-0.4, -0.2) is 20.7 Å².